The van der Waals surface area contributed by atoms with Crippen molar-refractivity contribution >= 4 is 16.9 Å². The highest BCUT2D eigenvalue weighted by atomic mass is 16.5. The zero-order valence-corrected chi connectivity index (χ0v) is 8.81. The number of ether oxygens (including phenoxy) is 2. The number of aromatic hydroxyl groups is 1. The summed E-state index contributed by atoms with van der Waals surface area (Å²) in [6.07, 6.45) is 1.16. The van der Waals surface area contributed by atoms with Crippen LogP contribution in [0.5, 0.6) is 11.5 Å². The van der Waals surface area contributed by atoms with Crippen molar-refractivity contribution in [2.24, 2.45) is 0 Å². The molecule has 1 N–H and O–H groups in total. The molecule has 0 fully saturated rings. The van der Waals surface area contributed by atoms with Gasteiger partial charge in [0.15, 0.2) is 11.3 Å². The van der Waals surface area contributed by atoms with E-state index in [-0.39, 0.29) is 16.9 Å². The van der Waals surface area contributed by atoms with Gasteiger partial charge in [-0.05, 0) is 12.1 Å². The van der Waals surface area contributed by atoms with Crippen LogP contribution in [0.25, 0.3) is 11.0 Å². The van der Waals surface area contributed by atoms with Gasteiger partial charge in [-0.2, -0.15) is 0 Å². The molecule has 0 saturated carbocycles. The molecule has 84 valence electrons. The van der Waals surface area contributed by atoms with Gasteiger partial charge in [0, 0.05) is 0 Å². The second kappa shape index (κ2) is 3.77. The highest BCUT2D eigenvalue weighted by Gasteiger charge is 2.21. The summed E-state index contributed by atoms with van der Waals surface area (Å²) in [5, 5.41) is 9.91. The number of benzene rings is 1. The van der Waals surface area contributed by atoms with E-state index in [0.29, 0.717) is 11.1 Å². The van der Waals surface area contributed by atoms with Crippen molar-refractivity contribution in [3.05, 3.63) is 24.0 Å². The maximum absolute atomic E-state index is 11.6. The first-order chi connectivity index (χ1) is 7.69. The lowest BCUT2D eigenvalue weighted by atomic mass is 10.1. The van der Waals surface area contributed by atoms with Gasteiger partial charge in [0.1, 0.15) is 17.6 Å². The Hall–Kier alpha value is -2.17. The van der Waals surface area contributed by atoms with Gasteiger partial charge in [0.25, 0.3) is 0 Å². The van der Waals surface area contributed by atoms with E-state index < -0.39 is 5.97 Å². The van der Waals surface area contributed by atoms with Crippen molar-refractivity contribution in [2.45, 2.75) is 0 Å². The molecule has 1 aromatic carbocycles. The lowest BCUT2D eigenvalue weighted by molar-refractivity contribution is 0.0598. The molecule has 0 radical (unpaired) electrons. The molecule has 0 saturated heterocycles. The van der Waals surface area contributed by atoms with Crippen LogP contribution in [-0.4, -0.2) is 25.3 Å². The van der Waals surface area contributed by atoms with Crippen molar-refractivity contribution in [1.29, 1.82) is 0 Å². The summed E-state index contributed by atoms with van der Waals surface area (Å²) < 4.78 is 14.8. The van der Waals surface area contributed by atoms with E-state index in [4.69, 9.17) is 9.15 Å². The number of esters is 1. The van der Waals surface area contributed by atoms with Crippen LogP contribution >= 0.6 is 0 Å². The molecule has 0 spiro atoms. The Kier molecular flexibility index (Phi) is 2.44. The Balaban J connectivity index is 2.78. The van der Waals surface area contributed by atoms with Crippen molar-refractivity contribution in [3.8, 4) is 11.5 Å². The van der Waals surface area contributed by atoms with E-state index in [0.717, 1.165) is 6.26 Å². The van der Waals surface area contributed by atoms with E-state index >= 15 is 0 Å². The molecule has 0 aliphatic heterocycles. The number of carbonyl (C=O) groups is 1. The van der Waals surface area contributed by atoms with Crippen molar-refractivity contribution in [2.75, 3.05) is 14.2 Å². The number of hydrogen-bond donors (Lipinski definition) is 1. The van der Waals surface area contributed by atoms with Crippen LogP contribution in [-0.2, 0) is 4.74 Å². The number of hydrogen-bond acceptors (Lipinski definition) is 5. The fraction of sp³-hybridized carbons (Fsp3) is 0.182. The summed E-state index contributed by atoms with van der Waals surface area (Å²) >= 11 is 0. The second-order valence-electron chi connectivity index (χ2n) is 3.13. The van der Waals surface area contributed by atoms with Crippen LogP contribution in [0.15, 0.2) is 22.8 Å². The Morgan fingerprint density at radius 3 is 2.75 bits per heavy atom. The van der Waals surface area contributed by atoms with E-state index in [2.05, 4.69) is 4.74 Å². The Labute approximate surface area is 91.2 Å². The van der Waals surface area contributed by atoms with Gasteiger partial charge >= 0.3 is 5.97 Å². The highest BCUT2D eigenvalue weighted by Crippen LogP contribution is 2.34. The molecular formula is C11H10O5. The molecular weight excluding hydrogens is 212 g/mol. The largest absolute Gasteiger partial charge is 0.504 e. The summed E-state index contributed by atoms with van der Waals surface area (Å²) in [6, 6.07) is 3.18. The van der Waals surface area contributed by atoms with Crippen molar-refractivity contribution in [3.63, 3.8) is 0 Å². The van der Waals surface area contributed by atoms with Crippen LogP contribution in [0.2, 0.25) is 0 Å². The summed E-state index contributed by atoms with van der Waals surface area (Å²) in [4.78, 5) is 11.6. The maximum Gasteiger partial charge on any atom is 0.345 e. The summed E-state index contributed by atoms with van der Waals surface area (Å²) in [5.41, 5.74) is 0.423. The molecule has 1 aromatic heterocycles. The average molecular weight is 222 g/mol. The number of rotatable bonds is 2. The van der Waals surface area contributed by atoms with Crippen LogP contribution < -0.4 is 4.74 Å². The normalized spacial score (nSPS) is 10.4. The highest BCUT2D eigenvalue weighted by molar-refractivity contribution is 6.06. The van der Waals surface area contributed by atoms with Crippen molar-refractivity contribution < 1.29 is 23.8 Å². The minimum atomic E-state index is -0.572. The van der Waals surface area contributed by atoms with Gasteiger partial charge in [-0.1, -0.05) is 0 Å². The Bertz CT molecular complexity index is 541. The van der Waals surface area contributed by atoms with Crippen LogP contribution in [0.4, 0.5) is 0 Å². The van der Waals surface area contributed by atoms with Crippen LogP contribution in [0, 0.1) is 0 Å². The van der Waals surface area contributed by atoms with Gasteiger partial charge in [-0.15, -0.1) is 0 Å². The molecule has 0 amide bonds. The maximum atomic E-state index is 11.6. The number of methoxy groups -OCH3 is 2. The first-order valence-corrected chi connectivity index (χ1v) is 4.54. The van der Waals surface area contributed by atoms with E-state index in [1.807, 2.05) is 0 Å². The molecule has 5 nitrogen and oxygen atoms in total. The van der Waals surface area contributed by atoms with E-state index in [1.54, 1.807) is 12.1 Å². The van der Waals surface area contributed by atoms with E-state index in [9.17, 15) is 9.90 Å². The predicted octanol–water partition coefficient (Wildman–Crippen LogP) is 1.93. The Morgan fingerprint density at radius 2 is 2.12 bits per heavy atom. The van der Waals surface area contributed by atoms with Crippen molar-refractivity contribution in [1.82, 2.24) is 0 Å². The third-order valence-corrected chi connectivity index (χ3v) is 2.29. The minimum Gasteiger partial charge on any atom is -0.504 e. The smallest absolute Gasteiger partial charge is 0.345 e. The Morgan fingerprint density at radius 1 is 1.38 bits per heavy atom. The third-order valence-electron chi connectivity index (χ3n) is 2.29. The third kappa shape index (κ3) is 1.37. The molecule has 0 bridgehead atoms. The number of carbonyl (C=O) groups excluding carboxylic acids is 1. The van der Waals surface area contributed by atoms with Gasteiger partial charge in [-0.25, -0.2) is 4.79 Å². The molecule has 5 heteroatoms. The van der Waals surface area contributed by atoms with E-state index in [1.165, 1.54) is 14.2 Å². The topological polar surface area (TPSA) is 68.9 Å². The molecule has 0 aliphatic rings. The zero-order chi connectivity index (χ0) is 11.7. The molecule has 2 rings (SSSR count). The second-order valence-corrected chi connectivity index (χ2v) is 3.13. The molecule has 0 aliphatic carbocycles. The summed E-state index contributed by atoms with van der Waals surface area (Å²) in [6.45, 7) is 0. The van der Waals surface area contributed by atoms with Crippen LogP contribution in [0.3, 0.4) is 0 Å². The molecule has 0 atom stereocenters. The lowest BCUT2D eigenvalue weighted by Crippen LogP contribution is -2.04. The SMILES string of the molecule is COC(=O)c1c(OC)ccc2c(O)coc12. The zero-order valence-electron chi connectivity index (χ0n) is 8.81. The summed E-state index contributed by atoms with van der Waals surface area (Å²) in [5.74, 6) is -0.256. The first kappa shape index (κ1) is 10.4. The predicted molar refractivity (Wildman–Crippen MR) is 55.8 cm³/mol. The molecule has 1 heterocycles. The monoisotopic (exact) mass is 222 g/mol. The fourth-order valence-corrected chi connectivity index (χ4v) is 1.53. The van der Waals surface area contributed by atoms with Gasteiger partial charge in [0.05, 0.1) is 19.6 Å². The standard InChI is InChI=1S/C11H10O5/c1-14-8-4-3-6-7(12)5-16-10(6)9(8)11(13)15-2/h3-5,12H,1-2H3. The van der Waals surface area contributed by atoms with Gasteiger partial charge in [-0.3, -0.25) is 0 Å². The van der Waals surface area contributed by atoms with Gasteiger partial charge in [0.2, 0.25) is 0 Å². The number of furan rings is 1. The average Bonchev–Trinajstić information content (AvgIpc) is 2.69. The molecule has 2 aromatic rings. The first-order valence-electron chi connectivity index (χ1n) is 4.54. The quantitative estimate of drug-likeness (QED) is 0.786. The lowest BCUT2D eigenvalue weighted by Gasteiger charge is -2.06. The van der Waals surface area contributed by atoms with Gasteiger partial charge < -0.3 is 19.0 Å². The fourth-order valence-electron chi connectivity index (χ4n) is 1.53. The summed E-state index contributed by atoms with van der Waals surface area (Å²) in [7, 11) is 2.71. The van der Waals surface area contributed by atoms with Crippen LogP contribution in [0.1, 0.15) is 10.4 Å². The molecule has 16 heavy (non-hydrogen) atoms. The minimum absolute atomic E-state index is 0.0252. The number of fused-ring (bicyclic) bond motifs is 1. The molecule has 0 unspecified atom stereocenters.